The maximum Gasteiger partial charge on any atom is 0.282 e. The zero-order valence-electron chi connectivity index (χ0n) is 23.3. The van der Waals surface area contributed by atoms with Crippen molar-refractivity contribution in [1.82, 2.24) is 14.2 Å². The molecule has 0 aliphatic heterocycles. The van der Waals surface area contributed by atoms with E-state index in [0.717, 1.165) is 27.5 Å². The van der Waals surface area contributed by atoms with Gasteiger partial charge in [-0.3, -0.25) is 9.59 Å². The first-order valence-electron chi connectivity index (χ1n) is 13.7. The second-order valence-electron chi connectivity index (χ2n) is 10.3. The Bertz CT molecular complexity index is 2340. The van der Waals surface area contributed by atoms with Crippen molar-refractivity contribution in [1.29, 1.82) is 0 Å². The van der Waals surface area contributed by atoms with Crippen molar-refractivity contribution in [3.63, 3.8) is 0 Å². The molecule has 0 aliphatic rings. The van der Waals surface area contributed by atoms with Gasteiger partial charge >= 0.3 is 0 Å². The van der Waals surface area contributed by atoms with Crippen LogP contribution in [0.3, 0.4) is 0 Å². The molecule has 7 aromatic rings. The van der Waals surface area contributed by atoms with Crippen LogP contribution in [0.1, 0.15) is 11.3 Å². The van der Waals surface area contributed by atoms with Crippen LogP contribution in [-0.4, -0.2) is 26.3 Å². The predicted octanol–water partition coefficient (Wildman–Crippen LogP) is 7.39. The van der Waals surface area contributed by atoms with Crippen LogP contribution in [0.5, 0.6) is 0 Å². The van der Waals surface area contributed by atoms with Gasteiger partial charge < -0.3 is 14.3 Å². The lowest BCUT2D eigenvalue weighted by molar-refractivity contribution is -0.116. The number of rotatable bonds is 6. The fourth-order valence-corrected chi connectivity index (χ4v) is 5.55. The van der Waals surface area contributed by atoms with E-state index in [1.54, 1.807) is 54.7 Å². The first-order chi connectivity index (χ1) is 21.4. The van der Waals surface area contributed by atoms with E-state index in [9.17, 15) is 14.0 Å². The van der Waals surface area contributed by atoms with Crippen LogP contribution in [0.4, 0.5) is 10.1 Å². The van der Waals surface area contributed by atoms with E-state index in [-0.39, 0.29) is 23.8 Å². The zero-order valence-corrected chi connectivity index (χ0v) is 24.0. The minimum atomic E-state index is -0.437. The van der Waals surface area contributed by atoms with Gasteiger partial charge in [0, 0.05) is 38.3 Å². The summed E-state index contributed by atoms with van der Waals surface area (Å²) in [6.07, 6.45) is 1.60. The molecular weight excluding hydrogens is 581 g/mol. The van der Waals surface area contributed by atoms with Crippen LogP contribution in [0.15, 0.2) is 111 Å². The summed E-state index contributed by atoms with van der Waals surface area (Å²) < 4.78 is 22.8. The molecule has 216 valence electrons. The second-order valence-corrected chi connectivity index (χ2v) is 10.7. The number of halogens is 2. The van der Waals surface area contributed by atoms with Crippen LogP contribution in [0.2, 0.25) is 5.02 Å². The maximum absolute atomic E-state index is 13.8. The standard InChI is InChI=1S/C34H23ClFN5O3/c1-20-27(25-9-3-5-12-29(25)40(20)19-32(42)38-24-8-6-7-23(36)17-24)18-37-41-33(39-28-11-4-2-10-26(28)34(41)43)31-16-21-15-22(35)13-14-30(21)44-31/h2-18H,19H2,1H3,(H,38,42). The lowest BCUT2D eigenvalue weighted by atomic mass is 10.1. The van der Waals surface area contributed by atoms with Gasteiger partial charge in [0.1, 0.15) is 17.9 Å². The summed E-state index contributed by atoms with van der Waals surface area (Å²) in [5, 5.41) is 9.96. The minimum absolute atomic E-state index is 0.0129. The monoisotopic (exact) mass is 603 g/mol. The molecular formula is C34H23ClFN5O3. The molecule has 0 saturated carbocycles. The number of furan rings is 1. The SMILES string of the molecule is Cc1c(C=Nn2c(-c3cc4cc(Cl)ccc4o3)nc3ccccc3c2=O)c2ccccc2n1CC(=O)Nc1cccc(F)c1. The molecule has 0 unspecified atom stereocenters. The van der Waals surface area contributed by atoms with Crippen molar-refractivity contribution < 1.29 is 13.6 Å². The Labute approximate surface area is 254 Å². The summed E-state index contributed by atoms with van der Waals surface area (Å²) in [7, 11) is 0. The summed E-state index contributed by atoms with van der Waals surface area (Å²) in [4.78, 5) is 31.5. The van der Waals surface area contributed by atoms with Gasteiger partial charge in [0.15, 0.2) is 5.76 Å². The van der Waals surface area contributed by atoms with Gasteiger partial charge in [0.2, 0.25) is 11.7 Å². The quantitative estimate of drug-likeness (QED) is 0.201. The van der Waals surface area contributed by atoms with Crippen LogP contribution >= 0.6 is 11.6 Å². The van der Waals surface area contributed by atoms with E-state index in [1.807, 2.05) is 41.8 Å². The van der Waals surface area contributed by atoms with E-state index in [0.29, 0.717) is 33.0 Å². The summed E-state index contributed by atoms with van der Waals surface area (Å²) in [6.45, 7) is 1.86. The van der Waals surface area contributed by atoms with Gasteiger partial charge in [-0.1, -0.05) is 48.0 Å². The van der Waals surface area contributed by atoms with Crippen LogP contribution < -0.4 is 10.9 Å². The number of hydrogen-bond donors (Lipinski definition) is 1. The number of fused-ring (bicyclic) bond motifs is 3. The number of nitrogens with zero attached hydrogens (tertiary/aromatic N) is 4. The Morgan fingerprint density at radius 1 is 1.00 bits per heavy atom. The van der Waals surface area contributed by atoms with Crippen molar-refractivity contribution in [2.24, 2.45) is 5.10 Å². The summed E-state index contributed by atoms with van der Waals surface area (Å²) in [6, 6.07) is 27.4. The Hall–Kier alpha value is -5.54. The summed E-state index contributed by atoms with van der Waals surface area (Å²) >= 11 is 6.19. The number of carbonyl (C=O) groups excluding carboxylic acids is 1. The average Bonchev–Trinajstić information content (AvgIpc) is 3.55. The smallest absolute Gasteiger partial charge is 0.282 e. The van der Waals surface area contributed by atoms with Gasteiger partial charge in [-0.15, -0.1) is 0 Å². The first kappa shape index (κ1) is 27.3. The Kier molecular flexibility index (Phi) is 6.79. The number of nitrogens with one attached hydrogen (secondary N) is 1. The number of aromatic nitrogens is 3. The molecule has 0 aliphatic carbocycles. The second kappa shape index (κ2) is 10.9. The molecule has 1 N–H and O–H groups in total. The molecule has 3 heterocycles. The van der Waals surface area contributed by atoms with Gasteiger partial charge in [0.05, 0.1) is 17.1 Å². The van der Waals surface area contributed by atoms with E-state index in [4.69, 9.17) is 21.0 Å². The number of carbonyl (C=O) groups is 1. The fourth-order valence-electron chi connectivity index (χ4n) is 5.37. The fraction of sp³-hybridized carbons (Fsp3) is 0.0588. The predicted molar refractivity (Wildman–Crippen MR) is 171 cm³/mol. The molecule has 0 bridgehead atoms. The average molecular weight is 604 g/mol. The Balaban J connectivity index is 1.33. The third-order valence-corrected chi connectivity index (χ3v) is 7.68. The molecule has 0 atom stereocenters. The molecule has 3 aromatic heterocycles. The number of benzene rings is 4. The number of hydrogen-bond acceptors (Lipinski definition) is 5. The highest BCUT2D eigenvalue weighted by molar-refractivity contribution is 6.31. The molecule has 0 fully saturated rings. The molecule has 0 radical (unpaired) electrons. The third-order valence-electron chi connectivity index (χ3n) is 7.44. The topological polar surface area (TPSA) is 94.4 Å². The molecule has 1 amide bonds. The molecule has 8 nitrogen and oxygen atoms in total. The van der Waals surface area contributed by atoms with E-state index in [1.165, 1.54) is 22.9 Å². The van der Waals surface area contributed by atoms with Gasteiger partial charge in [-0.25, -0.2) is 9.37 Å². The van der Waals surface area contributed by atoms with Crippen molar-refractivity contribution in [3.8, 4) is 11.6 Å². The Morgan fingerprint density at radius 2 is 1.80 bits per heavy atom. The normalized spacial score (nSPS) is 11.7. The van der Waals surface area contributed by atoms with Gasteiger partial charge in [-0.05, 0) is 67.6 Å². The van der Waals surface area contributed by atoms with Crippen LogP contribution in [0, 0.1) is 12.7 Å². The number of amides is 1. The number of para-hydroxylation sites is 2. The van der Waals surface area contributed by atoms with Crippen molar-refractivity contribution in [2.75, 3.05) is 5.32 Å². The van der Waals surface area contributed by atoms with Gasteiger partial charge in [-0.2, -0.15) is 9.78 Å². The highest BCUT2D eigenvalue weighted by Gasteiger charge is 2.19. The van der Waals surface area contributed by atoms with E-state index in [2.05, 4.69) is 10.4 Å². The molecule has 0 saturated heterocycles. The van der Waals surface area contributed by atoms with Crippen LogP contribution in [0.25, 0.3) is 44.4 Å². The summed E-state index contributed by atoms with van der Waals surface area (Å²) in [5.74, 6) is -0.165. The lowest BCUT2D eigenvalue weighted by Crippen LogP contribution is -2.20. The zero-order chi connectivity index (χ0) is 30.4. The van der Waals surface area contributed by atoms with Crippen molar-refractivity contribution in [2.45, 2.75) is 13.5 Å². The first-order valence-corrected chi connectivity index (χ1v) is 14.1. The summed E-state index contributed by atoms with van der Waals surface area (Å²) in [5.41, 5.74) is 3.39. The maximum atomic E-state index is 13.8. The lowest BCUT2D eigenvalue weighted by Gasteiger charge is -2.10. The highest BCUT2D eigenvalue weighted by atomic mass is 35.5. The van der Waals surface area contributed by atoms with Crippen LogP contribution in [-0.2, 0) is 11.3 Å². The molecule has 0 spiro atoms. The van der Waals surface area contributed by atoms with E-state index >= 15 is 0 Å². The Morgan fingerprint density at radius 3 is 2.64 bits per heavy atom. The minimum Gasteiger partial charge on any atom is -0.453 e. The highest BCUT2D eigenvalue weighted by Crippen LogP contribution is 2.30. The third kappa shape index (κ3) is 4.93. The van der Waals surface area contributed by atoms with Crippen molar-refractivity contribution >= 4 is 62.2 Å². The van der Waals surface area contributed by atoms with Crippen molar-refractivity contribution in [3.05, 3.63) is 130 Å². The molecule has 4 aromatic carbocycles. The molecule has 44 heavy (non-hydrogen) atoms. The van der Waals surface area contributed by atoms with Gasteiger partial charge in [0.25, 0.3) is 5.56 Å². The number of anilines is 1. The van der Waals surface area contributed by atoms with E-state index < -0.39 is 5.82 Å². The largest absolute Gasteiger partial charge is 0.453 e. The molecule has 10 heteroatoms. The molecule has 7 rings (SSSR count).